The smallest absolute Gasteiger partial charge is 0.416 e. The number of rotatable bonds is 7. The highest BCUT2D eigenvalue weighted by atomic mass is 19.4. The van der Waals surface area contributed by atoms with E-state index in [1.807, 2.05) is 37.3 Å². The molecule has 1 aliphatic heterocycles. The Hall–Kier alpha value is -4.11. The lowest BCUT2D eigenvalue weighted by Gasteiger charge is -2.37. The van der Waals surface area contributed by atoms with Gasteiger partial charge in [0.1, 0.15) is 18.1 Å². The van der Waals surface area contributed by atoms with Crippen molar-refractivity contribution < 1.29 is 37.3 Å². The number of hydrogen-bond donors (Lipinski definition) is 1. The number of ether oxygens (including phenoxy) is 2. The predicted molar refractivity (Wildman–Crippen MR) is 151 cm³/mol. The minimum absolute atomic E-state index is 0.0270. The van der Waals surface area contributed by atoms with Crippen molar-refractivity contribution in [2.45, 2.75) is 63.6 Å². The quantitative estimate of drug-likeness (QED) is 0.186. The molecule has 1 unspecified atom stereocenters. The molecule has 220 valence electrons. The van der Waals surface area contributed by atoms with Gasteiger partial charge in [0.15, 0.2) is 0 Å². The van der Waals surface area contributed by atoms with E-state index in [1.54, 1.807) is 25.3 Å². The summed E-state index contributed by atoms with van der Waals surface area (Å²) in [4.78, 5) is 28.6. The molecule has 2 aliphatic rings. The van der Waals surface area contributed by atoms with Crippen LogP contribution in [0.1, 0.15) is 59.5 Å². The number of carbonyl (C=O) groups excluding carboxylic acids is 2. The molecule has 1 N–H and O–H groups in total. The third-order valence-electron chi connectivity index (χ3n) is 8.03. The fourth-order valence-corrected chi connectivity index (χ4v) is 5.80. The van der Waals surface area contributed by atoms with Gasteiger partial charge >= 0.3 is 6.18 Å². The van der Waals surface area contributed by atoms with E-state index in [4.69, 9.17) is 9.47 Å². The zero-order chi connectivity index (χ0) is 30.0. The number of Topliss-reactive ketones (excluding diaryl/α,β-unsaturated/α-hetero) is 1. The van der Waals surface area contributed by atoms with Crippen molar-refractivity contribution in [2.24, 2.45) is 0 Å². The fraction of sp³-hybridized carbons (Fsp3) is 0.333. The van der Waals surface area contributed by atoms with Crippen LogP contribution in [0.3, 0.4) is 0 Å². The molecule has 1 aliphatic carbocycles. The molecular weight excluding hydrogens is 547 g/mol. The molecule has 0 aromatic heterocycles. The van der Waals surface area contributed by atoms with Crippen LogP contribution >= 0.6 is 0 Å². The first-order valence-electron chi connectivity index (χ1n) is 13.9. The van der Waals surface area contributed by atoms with Gasteiger partial charge in [-0.15, -0.1) is 0 Å². The number of aryl methyl sites for hydroxylation is 1. The standard InChI is InChI=1S/C33H32F3NO5/c1-20-8-17-27(42-19-21-6-4-3-5-7-21)26(18-20)30(38)28-29(22-9-11-23(12-10-22)33(34,35)36)37(32(40)31(28)39)24-13-15-25(41-2)16-14-24/h3-12,17-18,24-25,29,38H,13-16,19H2,1-2H3/b30-28+. The number of hydrogen-bond acceptors (Lipinski definition) is 5. The van der Waals surface area contributed by atoms with Crippen LogP contribution in [-0.4, -0.2) is 41.0 Å². The van der Waals surface area contributed by atoms with E-state index in [0.717, 1.165) is 23.3 Å². The van der Waals surface area contributed by atoms with E-state index < -0.39 is 35.2 Å². The van der Waals surface area contributed by atoms with Gasteiger partial charge in [0.05, 0.1) is 28.8 Å². The lowest BCUT2D eigenvalue weighted by molar-refractivity contribution is -0.142. The van der Waals surface area contributed by atoms with E-state index in [9.17, 15) is 27.9 Å². The molecule has 3 aromatic carbocycles. The van der Waals surface area contributed by atoms with Crippen LogP contribution in [0, 0.1) is 6.92 Å². The first-order valence-corrected chi connectivity index (χ1v) is 13.9. The molecule has 9 heteroatoms. The first-order chi connectivity index (χ1) is 20.1. The predicted octanol–water partition coefficient (Wildman–Crippen LogP) is 6.97. The van der Waals surface area contributed by atoms with Crippen LogP contribution in [0.4, 0.5) is 13.2 Å². The van der Waals surface area contributed by atoms with Crippen LogP contribution in [0.15, 0.2) is 78.4 Å². The highest BCUT2D eigenvalue weighted by Gasteiger charge is 2.49. The molecule has 1 heterocycles. The summed E-state index contributed by atoms with van der Waals surface area (Å²) in [5.41, 5.74) is 1.18. The van der Waals surface area contributed by atoms with Crippen molar-refractivity contribution in [1.29, 1.82) is 0 Å². The second-order valence-electron chi connectivity index (χ2n) is 10.8. The Labute approximate surface area is 242 Å². The number of halogens is 3. The first kappa shape index (κ1) is 29.4. The third-order valence-corrected chi connectivity index (χ3v) is 8.03. The van der Waals surface area contributed by atoms with E-state index in [-0.39, 0.29) is 29.9 Å². The van der Waals surface area contributed by atoms with Gasteiger partial charge in [0, 0.05) is 13.2 Å². The summed E-state index contributed by atoms with van der Waals surface area (Å²) < 4.78 is 51.6. The summed E-state index contributed by atoms with van der Waals surface area (Å²) in [7, 11) is 1.62. The average Bonchev–Trinajstić information content (AvgIpc) is 3.26. The van der Waals surface area contributed by atoms with Crippen molar-refractivity contribution >= 4 is 17.4 Å². The molecule has 2 fully saturated rings. The number of aliphatic hydroxyl groups is 1. The van der Waals surface area contributed by atoms with Gasteiger partial charge in [-0.25, -0.2) is 0 Å². The molecule has 0 radical (unpaired) electrons. The molecule has 42 heavy (non-hydrogen) atoms. The molecule has 0 bridgehead atoms. The number of likely N-dealkylation sites (tertiary alicyclic amines) is 1. The van der Waals surface area contributed by atoms with Gasteiger partial charge in [-0.3, -0.25) is 9.59 Å². The van der Waals surface area contributed by atoms with Crippen LogP contribution in [0.5, 0.6) is 5.75 Å². The summed E-state index contributed by atoms with van der Waals surface area (Å²) in [6, 6.07) is 17.5. The second kappa shape index (κ2) is 12.0. The van der Waals surface area contributed by atoms with E-state index >= 15 is 0 Å². The van der Waals surface area contributed by atoms with Gasteiger partial charge in [0.2, 0.25) is 0 Å². The van der Waals surface area contributed by atoms with Crippen LogP contribution < -0.4 is 4.74 Å². The SMILES string of the molecule is COC1CCC(N2C(=O)C(=O)/C(=C(/O)c3cc(C)ccc3OCc3ccccc3)C2c2ccc(C(F)(F)F)cc2)CC1. The van der Waals surface area contributed by atoms with Crippen molar-refractivity contribution in [3.05, 3.63) is 106 Å². The summed E-state index contributed by atoms with van der Waals surface area (Å²) in [6.45, 7) is 2.02. The molecular formula is C33H32F3NO5. The molecule has 1 saturated heterocycles. The second-order valence-corrected chi connectivity index (χ2v) is 10.8. The maximum Gasteiger partial charge on any atom is 0.416 e. The minimum Gasteiger partial charge on any atom is -0.507 e. The Morgan fingerprint density at radius 1 is 0.952 bits per heavy atom. The molecule has 1 saturated carbocycles. The number of benzene rings is 3. The van der Waals surface area contributed by atoms with E-state index in [1.165, 1.54) is 17.0 Å². The maximum absolute atomic E-state index is 13.6. The lowest BCUT2D eigenvalue weighted by Crippen LogP contribution is -2.42. The number of amides is 1. The summed E-state index contributed by atoms with van der Waals surface area (Å²) in [6.07, 6.45) is -2.08. The largest absolute Gasteiger partial charge is 0.507 e. The van der Waals surface area contributed by atoms with Crippen molar-refractivity contribution in [3.8, 4) is 5.75 Å². The van der Waals surface area contributed by atoms with Gasteiger partial charge in [0.25, 0.3) is 11.7 Å². The van der Waals surface area contributed by atoms with Gasteiger partial charge in [-0.05, 0) is 68.0 Å². The Balaban J connectivity index is 1.60. The molecule has 0 spiro atoms. The van der Waals surface area contributed by atoms with Crippen LogP contribution in [0.25, 0.3) is 5.76 Å². The van der Waals surface area contributed by atoms with E-state index in [0.29, 0.717) is 37.0 Å². The summed E-state index contributed by atoms with van der Waals surface area (Å²) >= 11 is 0. The third kappa shape index (κ3) is 5.92. The fourth-order valence-electron chi connectivity index (χ4n) is 5.80. The number of methoxy groups -OCH3 is 1. The number of ketones is 1. The number of nitrogens with zero attached hydrogens (tertiary/aromatic N) is 1. The summed E-state index contributed by atoms with van der Waals surface area (Å²) in [5, 5.41) is 11.7. The van der Waals surface area contributed by atoms with Crippen LogP contribution in [-0.2, 0) is 27.1 Å². The van der Waals surface area contributed by atoms with Gasteiger partial charge in [-0.2, -0.15) is 13.2 Å². The van der Waals surface area contributed by atoms with Crippen molar-refractivity contribution in [3.63, 3.8) is 0 Å². The number of aliphatic hydroxyl groups excluding tert-OH is 1. The lowest BCUT2D eigenvalue weighted by atomic mass is 9.89. The molecule has 1 amide bonds. The van der Waals surface area contributed by atoms with Gasteiger partial charge in [-0.1, -0.05) is 54.1 Å². The van der Waals surface area contributed by atoms with Crippen molar-refractivity contribution in [1.82, 2.24) is 4.90 Å². The molecule has 6 nitrogen and oxygen atoms in total. The van der Waals surface area contributed by atoms with Crippen molar-refractivity contribution in [2.75, 3.05) is 7.11 Å². The Kier molecular flexibility index (Phi) is 8.41. The average molecular weight is 580 g/mol. The molecule has 3 aromatic rings. The topological polar surface area (TPSA) is 76.1 Å². The zero-order valence-corrected chi connectivity index (χ0v) is 23.4. The number of carbonyl (C=O) groups is 2. The number of alkyl halides is 3. The Morgan fingerprint density at radius 2 is 1.62 bits per heavy atom. The normalized spacial score (nSPS) is 22.4. The Bertz CT molecular complexity index is 1480. The minimum atomic E-state index is -4.55. The summed E-state index contributed by atoms with van der Waals surface area (Å²) in [5.74, 6) is -1.80. The monoisotopic (exact) mass is 579 g/mol. The molecule has 5 rings (SSSR count). The Morgan fingerprint density at radius 3 is 2.24 bits per heavy atom. The highest BCUT2D eigenvalue weighted by Crippen LogP contribution is 2.45. The molecule has 1 atom stereocenters. The maximum atomic E-state index is 13.6. The van der Waals surface area contributed by atoms with Crippen LogP contribution in [0.2, 0.25) is 0 Å². The van der Waals surface area contributed by atoms with E-state index in [2.05, 4.69) is 0 Å². The zero-order valence-electron chi connectivity index (χ0n) is 23.4. The highest BCUT2D eigenvalue weighted by molar-refractivity contribution is 6.46. The van der Waals surface area contributed by atoms with Gasteiger partial charge < -0.3 is 19.5 Å².